The maximum Gasteiger partial charge on any atom is 0.266 e. The van der Waals surface area contributed by atoms with Gasteiger partial charge in [-0.1, -0.05) is 68.2 Å². The van der Waals surface area contributed by atoms with Crippen molar-refractivity contribution in [1.82, 2.24) is 14.7 Å². The molecule has 192 valence electrons. The first-order chi connectivity index (χ1) is 17.9. The quantitative estimate of drug-likeness (QED) is 0.252. The van der Waals surface area contributed by atoms with Gasteiger partial charge in [-0.05, 0) is 50.0 Å². The number of hydrogen-bond acceptors (Lipinski definition) is 6. The summed E-state index contributed by atoms with van der Waals surface area (Å²) in [5.41, 5.74) is 4.57. The van der Waals surface area contributed by atoms with Gasteiger partial charge in [0, 0.05) is 29.5 Å². The summed E-state index contributed by atoms with van der Waals surface area (Å²) in [5, 5.41) is 4.97. The van der Waals surface area contributed by atoms with Gasteiger partial charge in [0.15, 0.2) is 0 Å². The van der Waals surface area contributed by atoms with E-state index in [4.69, 9.17) is 26.8 Å². The Morgan fingerprint density at radius 3 is 2.76 bits per heavy atom. The molecule has 6 nitrogen and oxygen atoms in total. The Morgan fingerprint density at radius 1 is 1.22 bits per heavy atom. The van der Waals surface area contributed by atoms with Gasteiger partial charge in [0.05, 0.1) is 29.8 Å². The van der Waals surface area contributed by atoms with Crippen LogP contribution in [0.15, 0.2) is 59.6 Å². The van der Waals surface area contributed by atoms with E-state index < -0.39 is 0 Å². The molecule has 0 bridgehead atoms. The number of thioether (sulfide) groups is 1. The first-order valence-electron chi connectivity index (χ1n) is 12.7. The van der Waals surface area contributed by atoms with Crippen LogP contribution in [0.5, 0.6) is 5.75 Å². The number of nitrogens with zero attached hydrogens (tertiary/aromatic N) is 3. The summed E-state index contributed by atoms with van der Waals surface area (Å²) in [5.74, 6) is 1.19. The number of thiocarbonyl (C=S) groups is 1. The molecule has 1 unspecified atom stereocenters. The van der Waals surface area contributed by atoms with E-state index in [1.165, 1.54) is 11.8 Å². The van der Waals surface area contributed by atoms with E-state index in [9.17, 15) is 4.79 Å². The highest BCUT2D eigenvalue weighted by atomic mass is 32.2. The van der Waals surface area contributed by atoms with Crippen LogP contribution in [-0.4, -0.2) is 50.8 Å². The number of carbonyl (C=O) groups excluding carboxylic acids is 1. The molecule has 37 heavy (non-hydrogen) atoms. The van der Waals surface area contributed by atoms with Crippen molar-refractivity contribution >= 4 is 40.3 Å². The molecule has 2 aliphatic heterocycles. The van der Waals surface area contributed by atoms with Crippen LogP contribution in [0.25, 0.3) is 23.0 Å². The van der Waals surface area contributed by atoms with Crippen LogP contribution in [0.2, 0.25) is 0 Å². The van der Waals surface area contributed by atoms with Gasteiger partial charge in [-0.15, -0.1) is 0 Å². The normalized spacial score (nSPS) is 19.0. The van der Waals surface area contributed by atoms with Crippen LogP contribution < -0.4 is 4.74 Å². The predicted octanol–water partition coefficient (Wildman–Crippen LogP) is 6.26. The topological polar surface area (TPSA) is 56.6 Å². The van der Waals surface area contributed by atoms with Crippen LogP contribution in [-0.2, 0) is 9.53 Å². The van der Waals surface area contributed by atoms with E-state index in [2.05, 4.69) is 26.8 Å². The minimum absolute atomic E-state index is 0.0504. The van der Waals surface area contributed by atoms with Crippen LogP contribution in [0.4, 0.5) is 0 Å². The van der Waals surface area contributed by atoms with Gasteiger partial charge in [-0.2, -0.15) is 5.10 Å². The number of carbonyl (C=O) groups is 1. The predicted molar refractivity (Wildman–Crippen MR) is 153 cm³/mol. The Balaban J connectivity index is 1.53. The molecule has 2 fully saturated rings. The molecule has 2 saturated heterocycles. The third-order valence-corrected chi connectivity index (χ3v) is 7.82. The van der Waals surface area contributed by atoms with E-state index in [0.717, 1.165) is 53.3 Å². The summed E-state index contributed by atoms with van der Waals surface area (Å²) in [6.07, 6.45) is 5.92. The Hall–Kier alpha value is -2.94. The van der Waals surface area contributed by atoms with Crippen molar-refractivity contribution in [2.45, 2.75) is 39.7 Å². The molecule has 3 aromatic rings. The van der Waals surface area contributed by atoms with Gasteiger partial charge in [0.25, 0.3) is 5.91 Å². The highest BCUT2D eigenvalue weighted by Crippen LogP contribution is 2.37. The van der Waals surface area contributed by atoms with Gasteiger partial charge in [0.2, 0.25) is 0 Å². The van der Waals surface area contributed by atoms with Gasteiger partial charge in [-0.3, -0.25) is 9.69 Å². The summed E-state index contributed by atoms with van der Waals surface area (Å²) in [6.45, 7) is 8.21. The Labute approximate surface area is 227 Å². The smallest absolute Gasteiger partial charge is 0.266 e. The number of rotatable bonds is 8. The molecule has 0 aliphatic carbocycles. The molecule has 0 N–H and O–H groups in total. The summed E-state index contributed by atoms with van der Waals surface area (Å²) >= 11 is 6.92. The van der Waals surface area contributed by atoms with E-state index in [0.29, 0.717) is 28.3 Å². The van der Waals surface area contributed by atoms with Crippen molar-refractivity contribution in [3.63, 3.8) is 0 Å². The van der Waals surface area contributed by atoms with Gasteiger partial charge >= 0.3 is 0 Å². The third kappa shape index (κ3) is 5.66. The van der Waals surface area contributed by atoms with Crippen LogP contribution in [0.3, 0.4) is 0 Å². The lowest BCUT2D eigenvalue weighted by Gasteiger charge is -2.18. The molecular weight excluding hydrogens is 502 g/mol. The lowest BCUT2D eigenvalue weighted by atomic mass is 10.0. The fourth-order valence-corrected chi connectivity index (χ4v) is 5.76. The lowest BCUT2D eigenvalue weighted by molar-refractivity contribution is -0.123. The van der Waals surface area contributed by atoms with Crippen LogP contribution in [0, 0.1) is 12.8 Å². The van der Waals surface area contributed by atoms with Gasteiger partial charge < -0.3 is 9.47 Å². The summed E-state index contributed by atoms with van der Waals surface area (Å²) in [7, 11) is 0. The van der Waals surface area contributed by atoms with Crippen molar-refractivity contribution in [3.8, 4) is 22.7 Å². The van der Waals surface area contributed by atoms with Crippen molar-refractivity contribution in [2.24, 2.45) is 5.92 Å². The number of amides is 1. The Bertz CT molecular complexity index is 1330. The highest BCUT2D eigenvalue weighted by Gasteiger charge is 2.35. The largest absolute Gasteiger partial charge is 0.493 e. The highest BCUT2D eigenvalue weighted by molar-refractivity contribution is 8.26. The maximum atomic E-state index is 13.3. The molecular formula is C29H31N3O3S2. The molecule has 3 heterocycles. The molecule has 2 aliphatic rings. The minimum Gasteiger partial charge on any atom is -0.493 e. The molecule has 5 rings (SSSR count). The fourth-order valence-electron chi connectivity index (χ4n) is 4.49. The molecule has 0 spiro atoms. The van der Waals surface area contributed by atoms with E-state index in [1.807, 2.05) is 59.4 Å². The zero-order chi connectivity index (χ0) is 25.9. The van der Waals surface area contributed by atoms with Gasteiger partial charge in [0.1, 0.15) is 15.8 Å². The zero-order valence-electron chi connectivity index (χ0n) is 21.3. The molecule has 8 heteroatoms. The number of hydrogen-bond donors (Lipinski definition) is 0. The van der Waals surface area contributed by atoms with Crippen molar-refractivity contribution in [2.75, 3.05) is 19.8 Å². The second-order valence-corrected chi connectivity index (χ2v) is 11.4. The molecule has 1 amide bonds. The summed E-state index contributed by atoms with van der Waals surface area (Å²) < 4.78 is 14.3. The van der Waals surface area contributed by atoms with E-state index >= 15 is 0 Å². The average Bonchev–Trinajstić information content (AvgIpc) is 3.61. The fraction of sp³-hybridized carbons (Fsp3) is 0.345. The van der Waals surface area contributed by atoms with Crippen molar-refractivity contribution < 1.29 is 14.3 Å². The van der Waals surface area contributed by atoms with Crippen LogP contribution >= 0.6 is 24.0 Å². The lowest BCUT2D eigenvalue weighted by Crippen LogP contribution is -2.35. The summed E-state index contributed by atoms with van der Waals surface area (Å²) in [6, 6.07) is 16.0. The third-order valence-electron chi connectivity index (χ3n) is 6.45. The van der Waals surface area contributed by atoms with Crippen molar-refractivity contribution in [1.29, 1.82) is 0 Å². The summed E-state index contributed by atoms with van der Waals surface area (Å²) in [4.78, 5) is 15.6. The molecule has 1 atom stereocenters. The standard InChI is InChI=1S/C29H31N3O3S2/c1-19(2)18-35-25-13-7-12-24(20(25)3)27-21(16-32(30-27)22-9-5-4-6-10-22)15-26-28(33)31(29(36)37-26)17-23-11-8-14-34-23/h4-7,9-10,12-13,15-16,19,23H,8,11,14,17-18H2,1-3H3/b26-15-. The van der Waals surface area contributed by atoms with Crippen molar-refractivity contribution in [3.05, 3.63) is 70.8 Å². The van der Waals surface area contributed by atoms with E-state index in [1.54, 1.807) is 4.90 Å². The SMILES string of the molecule is Cc1c(OCC(C)C)cccc1-c1nn(-c2ccccc2)cc1/C=C1\SC(=S)N(CC2CCCO2)C1=O. The number of benzene rings is 2. The number of ether oxygens (including phenoxy) is 2. The molecule has 0 radical (unpaired) electrons. The second kappa shape index (κ2) is 11.2. The maximum absolute atomic E-state index is 13.3. The first-order valence-corrected chi connectivity index (χ1v) is 13.9. The number of para-hydroxylation sites is 1. The Morgan fingerprint density at radius 2 is 2.03 bits per heavy atom. The Kier molecular flexibility index (Phi) is 7.79. The average molecular weight is 534 g/mol. The van der Waals surface area contributed by atoms with Gasteiger partial charge in [-0.25, -0.2) is 4.68 Å². The van der Waals surface area contributed by atoms with E-state index in [-0.39, 0.29) is 12.0 Å². The van der Waals surface area contributed by atoms with Crippen LogP contribution in [0.1, 0.15) is 37.8 Å². The molecule has 0 saturated carbocycles. The zero-order valence-corrected chi connectivity index (χ0v) is 23.0. The molecule has 1 aromatic heterocycles. The minimum atomic E-state index is -0.0744. The second-order valence-electron chi connectivity index (χ2n) is 9.77. The number of aromatic nitrogens is 2. The monoisotopic (exact) mass is 533 g/mol. The first kappa shape index (κ1) is 25.7. The molecule has 2 aromatic carbocycles.